The molecule has 0 bridgehead atoms. The minimum Gasteiger partial charge on any atom is -0.208 e. The van der Waals surface area contributed by atoms with E-state index in [9.17, 15) is 0 Å². The smallest absolute Gasteiger partial charge is 0.164 e. The molecule has 6 heteroatoms. The molecule has 0 unspecified atom stereocenters. The van der Waals surface area contributed by atoms with E-state index < -0.39 is 0 Å². The lowest BCUT2D eigenvalue weighted by atomic mass is 9.98. The Morgan fingerprint density at radius 2 is 0.848 bits per heavy atom. The third-order valence-corrected chi connectivity index (χ3v) is 7.67. The first kappa shape index (κ1) is 28.6. The van der Waals surface area contributed by atoms with Gasteiger partial charge in [-0.1, -0.05) is 146 Å². The van der Waals surface area contributed by atoms with Gasteiger partial charge in [0, 0.05) is 38.8 Å². The normalized spacial score (nSPS) is 11.7. The van der Waals surface area contributed by atoms with E-state index in [-0.39, 0.29) is 0 Å². The van der Waals surface area contributed by atoms with Gasteiger partial charge < -0.3 is 0 Å². The molecular formula is C40H30N6. The van der Waals surface area contributed by atoms with Crippen LogP contribution in [0, 0.1) is 0 Å². The van der Waals surface area contributed by atoms with Crippen LogP contribution in [0.25, 0.3) is 73.3 Å². The molecule has 7 rings (SSSR count). The van der Waals surface area contributed by atoms with Crippen molar-refractivity contribution in [2.75, 3.05) is 0 Å². The Kier molecular flexibility index (Phi) is 7.99. The van der Waals surface area contributed by atoms with Gasteiger partial charge in [0.2, 0.25) is 0 Å². The second-order valence-electron chi connectivity index (χ2n) is 10.7. The molecule has 220 valence electrons. The van der Waals surface area contributed by atoms with Gasteiger partial charge >= 0.3 is 0 Å². The van der Waals surface area contributed by atoms with Crippen LogP contribution in [0.15, 0.2) is 146 Å². The molecule has 2 aromatic heterocycles. The van der Waals surface area contributed by atoms with Crippen LogP contribution >= 0.6 is 0 Å². The van der Waals surface area contributed by atoms with Crippen LogP contribution in [-0.4, -0.2) is 29.9 Å². The summed E-state index contributed by atoms with van der Waals surface area (Å²) >= 11 is 0. The minimum atomic E-state index is 0.575. The zero-order valence-electron chi connectivity index (χ0n) is 25.5. The van der Waals surface area contributed by atoms with Gasteiger partial charge in [0.05, 0.1) is 0 Å². The zero-order chi connectivity index (χ0) is 31.3. The molecule has 0 aliphatic rings. The van der Waals surface area contributed by atoms with Gasteiger partial charge in [-0.3, -0.25) is 0 Å². The molecule has 0 radical (unpaired) electrons. The van der Waals surface area contributed by atoms with Crippen molar-refractivity contribution in [3.63, 3.8) is 0 Å². The maximum atomic E-state index is 5.04. The summed E-state index contributed by atoms with van der Waals surface area (Å²) in [5, 5.41) is 1.99. The van der Waals surface area contributed by atoms with Crippen molar-refractivity contribution in [2.45, 2.75) is 13.8 Å². The standard InChI is InChI=1S/C40H30N6/c1-3-16-27(4-2)35-41-36(29-17-8-5-9-18-29)44-39(43-35)32-25-14-23-28-24-15-26-33(34(28)32)40-45-37(30-19-10-6-11-20-30)42-38(46-40)31-21-12-7-13-22-31/h3-26H,1-2H3/b16-3-,27-4+. The van der Waals surface area contributed by atoms with E-state index in [1.54, 1.807) is 0 Å². The summed E-state index contributed by atoms with van der Waals surface area (Å²) in [4.78, 5) is 29.9. The van der Waals surface area contributed by atoms with E-state index in [1.165, 1.54) is 0 Å². The van der Waals surface area contributed by atoms with Gasteiger partial charge in [0.15, 0.2) is 34.9 Å². The zero-order valence-corrected chi connectivity index (χ0v) is 25.5. The number of allylic oxidation sites excluding steroid dienone is 4. The van der Waals surface area contributed by atoms with Crippen LogP contribution in [0.4, 0.5) is 0 Å². The summed E-state index contributed by atoms with van der Waals surface area (Å²) in [5.41, 5.74) is 5.41. The SMILES string of the molecule is C/C=C\C(=C/C)c1nc(-c2ccccc2)nc(-c2cccc3cccc(-c4nc(-c5ccccc5)nc(-c5ccccc5)n4)c23)n1. The lowest BCUT2D eigenvalue weighted by molar-refractivity contribution is 1.04. The summed E-state index contributed by atoms with van der Waals surface area (Å²) in [6.45, 7) is 3.98. The van der Waals surface area contributed by atoms with Crippen molar-refractivity contribution in [2.24, 2.45) is 0 Å². The molecule has 5 aromatic carbocycles. The van der Waals surface area contributed by atoms with Gasteiger partial charge in [-0.25, -0.2) is 29.9 Å². The van der Waals surface area contributed by atoms with E-state index in [0.29, 0.717) is 34.9 Å². The molecule has 46 heavy (non-hydrogen) atoms. The van der Waals surface area contributed by atoms with Gasteiger partial charge in [0.1, 0.15) is 0 Å². The van der Waals surface area contributed by atoms with Crippen molar-refractivity contribution in [3.8, 4) is 56.9 Å². The van der Waals surface area contributed by atoms with Crippen molar-refractivity contribution >= 4 is 16.3 Å². The summed E-state index contributed by atoms with van der Waals surface area (Å²) in [5.74, 6) is 3.58. The maximum Gasteiger partial charge on any atom is 0.164 e. The Balaban J connectivity index is 1.49. The number of hydrogen-bond acceptors (Lipinski definition) is 6. The molecule has 0 spiro atoms. The fourth-order valence-electron chi connectivity index (χ4n) is 5.46. The molecule has 6 nitrogen and oxygen atoms in total. The van der Waals surface area contributed by atoms with Gasteiger partial charge in [-0.2, -0.15) is 0 Å². The lowest BCUT2D eigenvalue weighted by Crippen LogP contribution is -2.03. The van der Waals surface area contributed by atoms with Gasteiger partial charge in [-0.15, -0.1) is 0 Å². The number of nitrogens with zero attached hydrogens (tertiary/aromatic N) is 6. The molecule has 0 saturated heterocycles. The van der Waals surface area contributed by atoms with E-state index >= 15 is 0 Å². The summed E-state index contributed by atoms with van der Waals surface area (Å²) in [7, 11) is 0. The summed E-state index contributed by atoms with van der Waals surface area (Å²) < 4.78 is 0. The topological polar surface area (TPSA) is 77.3 Å². The molecular weight excluding hydrogens is 564 g/mol. The third kappa shape index (κ3) is 5.72. The fourth-order valence-corrected chi connectivity index (χ4v) is 5.46. The second kappa shape index (κ2) is 12.8. The highest BCUT2D eigenvalue weighted by atomic mass is 15.0. The first-order chi connectivity index (χ1) is 22.7. The quantitative estimate of drug-likeness (QED) is 0.171. The van der Waals surface area contributed by atoms with Crippen LogP contribution in [0.1, 0.15) is 19.7 Å². The van der Waals surface area contributed by atoms with Crippen LogP contribution < -0.4 is 0 Å². The third-order valence-electron chi connectivity index (χ3n) is 7.67. The highest BCUT2D eigenvalue weighted by molar-refractivity contribution is 6.04. The average molecular weight is 595 g/mol. The second-order valence-corrected chi connectivity index (χ2v) is 10.7. The Morgan fingerprint density at radius 1 is 0.435 bits per heavy atom. The largest absolute Gasteiger partial charge is 0.208 e. The number of benzene rings is 5. The monoisotopic (exact) mass is 594 g/mol. The fraction of sp³-hybridized carbons (Fsp3) is 0.0500. The van der Waals surface area contributed by atoms with Gasteiger partial charge in [-0.05, 0) is 19.2 Å². The molecule has 0 fully saturated rings. The Labute approximate surface area is 268 Å². The Hall–Kier alpha value is -6.14. The molecule has 2 heterocycles. The van der Waals surface area contributed by atoms with Crippen molar-refractivity contribution in [1.82, 2.24) is 29.9 Å². The highest BCUT2D eigenvalue weighted by Crippen LogP contribution is 2.36. The average Bonchev–Trinajstić information content (AvgIpc) is 3.14. The summed E-state index contributed by atoms with van der Waals surface area (Å²) in [6.07, 6.45) is 6.03. The highest BCUT2D eigenvalue weighted by Gasteiger charge is 2.19. The number of fused-ring (bicyclic) bond motifs is 1. The van der Waals surface area contributed by atoms with E-state index in [1.807, 2.05) is 135 Å². The minimum absolute atomic E-state index is 0.575. The van der Waals surface area contributed by atoms with E-state index in [4.69, 9.17) is 29.9 Å². The molecule has 0 aliphatic carbocycles. The van der Waals surface area contributed by atoms with E-state index in [2.05, 4.69) is 24.3 Å². The van der Waals surface area contributed by atoms with Crippen molar-refractivity contribution < 1.29 is 0 Å². The first-order valence-corrected chi connectivity index (χ1v) is 15.2. The molecule has 0 aliphatic heterocycles. The first-order valence-electron chi connectivity index (χ1n) is 15.2. The predicted octanol–water partition coefficient (Wildman–Crippen LogP) is 9.52. The van der Waals surface area contributed by atoms with E-state index in [0.717, 1.165) is 44.2 Å². The predicted molar refractivity (Wildman–Crippen MR) is 186 cm³/mol. The molecule has 0 amide bonds. The maximum absolute atomic E-state index is 5.04. The molecule has 7 aromatic rings. The van der Waals surface area contributed by atoms with Crippen LogP contribution in [0.2, 0.25) is 0 Å². The molecule has 0 saturated carbocycles. The summed E-state index contributed by atoms with van der Waals surface area (Å²) in [6, 6.07) is 42.4. The number of hydrogen-bond donors (Lipinski definition) is 0. The number of aromatic nitrogens is 6. The van der Waals surface area contributed by atoms with Crippen molar-refractivity contribution in [1.29, 1.82) is 0 Å². The van der Waals surface area contributed by atoms with Crippen LogP contribution in [-0.2, 0) is 0 Å². The Bertz CT molecular complexity index is 2150. The Morgan fingerprint density at radius 3 is 1.30 bits per heavy atom. The van der Waals surface area contributed by atoms with Crippen LogP contribution in [0.3, 0.4) is 0 Å². The lowest BCUT2D eigenvalue weighted by Gasteiger charge is -2.14. The molecule has 0 atom stereocenters. The number of rotatable bonds is 7. The van der Waals surface area contributed by atoms with Gasteiger partial charge in [0.25, 0.3) is 0 Å². The van der Waals surface area contributed by atoms with Crippen LogP contribution in [0.5, 0.6) is 0 Å². The van der Waals surface area contributed by atoms with Crippen molar-refractivity contribution in [3.05, 3.63) is 151 Å². The molecule has 0 N–H and O–H groups in total.